The molecule has 0 atom stereocenters. The zero-order valence-corrected chi connectivity index (χ0v) is 16.3. The third-order valence-electron chi connectivity index (χ3n) is 4.83. The molecule has 27 heavy (non-hydrogen) atoms. The molecule has 2 aromatic carbocycles. The van der Waals surface area contributed by atoms with Gasteiger partial charge in [-0.15, -0.1) is 0 Å². The van der Waals surface area contributed by atoms with Gasteiger partial charge in [0.2, 0.25) is 0 Å². The number of carbonyl (C=O) groups excluding carboxylic acids is 1. The second-order valence-electron chi connectivity index (χ2n) is 6.85. The molecular weight excluding hydrogens is 340 g/mol. The van der Waals surface area contributed by atoms with E-state index in [0.29, 0.717) is 11.3 Å². The van der Waals surface area contributed by atoms with Crippen LogP contribution in [0.5, 0.6) is 5.75 Å². The van der Waals surface area contributed by atoms with Crippen LogP contribution in [0.2, 0.25) is 0 Å². The van der Waals surface area contributed by atoms with Crippen molar-refractivity contribution >= 4 is 11.6 Å². The number of amides is 1. The van der Waals surface area contributed by atoms with E-state index in [0.717, 1.165) is 22.6 Å². The van der Waals surface area contributed by atoms with Gasteiger partial charge in [-0.2, -0.15) is 0 Å². The largest absolute Gasteiger partial charge is 0.489 e. The first-order valence-corrected chi connectivity index (χ1v) is 8.89. The molecule has 0 spiro atoms. The van der Waals surface area contributed by atoms with Gasteiger partial charge in [0.1, 0.15) is 18.1 Å². The van der Waals surface area contributed by atoms with Gasteiger partial charge in [-0.1, -0.05) is 17.3 Å². The summed E-state index contributed by atoms with van der Waals surface area (Å²) in [6, 6.07) is 11.7. The molecule has 0 bridgehead atoms. The number of nitrogens with zero attached hydrogens (tertiary/aromatic N) is 1. The van der Waals surface area contributed by atoms with Crippen LogP contribution < -0.4 is 10.1 Å². The van der Waals surface area contributed by atoms with Crippen LogP contribution in [0.15, 0.2) is 40.9 Å². The van der Waals surface area contributed by atoms with E-state index in [1.54, 1.807) is 6.92 Å². The van der Waals surface area contributed by atoms with Crippen LogP contribution in [0, 0.1) is 34.6 Å². The first-order chi connectivity index (χ1) is 12.8. The summed E-state index contributed by atoms with van der Waals surface area (Å²) in [6.45, 7) is 10.1. The van der Waals surface area contributed by atoms with Crippen LogP contribution >= 0.6 is 0 Å². The lowest BCUT2D eigenvalue weighted by atomic mass is 10.1. The van der Waals surface area contributed by atoms with E-state index in [-0.39, 0.29) is 18.2 Å². The Morgan fingerprint density at radius 2 is 1.63 bits per heavy atom. The molecule has 0 aliphatic carbocycles. The van der Waals surface area contributed by atoms with Crippen molar-refractivity contribution in [1.82, 2.24) is 5.16 Å². The molecule has 3 aromatic rings. The van der Waals surface area contributed by atoms with Crippen molar-refractivity contribution in [2.24, 2.45) is 0 Å². The summed E-state index contributed by atoms with van der Waals surface area (Å²) in [4.78, 5) is 12.7. The van der Waals surface area contributed by atoms with Gasteiger partial charge in [0.25, 0.3) is 5.91 Å². The number of nitrogens with one attached hydrogen (secondary N) is 1. The standard InChI is InChI=1S/C22H24N2O3/c1-13-6-8-18(10-15(13)3)23-22(25)21-20(17(5)27-24-21)12-26-19-9-7-14(2)16(4)11-19/h6-11H,12H2,1-5H3,(H,23,25). The maximum Gasteiger partial charge on any atom is 0.278 e. The molecule has 0 aliphatic heterocycles. The summed E-state index contributed by atoms with van der Waals surface area (Å²) in [5, 5.41) is 6.81. The summed E-state index contributed by atoms with van der Waals surface area (Å²) in [6.07, 6.45) is 0. The minimum absolute atomic E-state index is 0.216. The Morgan fingerprint density at radius 3 is 2.30 bits per heavy atom. The highest BCUT2D eigenvalue weighted by Gasteiger charge is 2.20. The second kappa shape index (κ2) is 7.66. The van der Waals surface area contributed by atoms with E-state index in [1.807, 2.05) is 57.2 Å². The molecule has 0 unspecified atom stereocenters. The van der Waals surface area contributed by atoms with Crippen LogP contribution in [0.25, 0.3) is 0 Å². The number of aromatic nitrogens is 1. The van der Waals surface area contributed by atoms with Crippen LogP contribution in [-0.2, 0) is 6.61 Å². The number of hydrogen-bond acceptors (Lipinski definition) is 4. The van der Waals surface area contributed by atoms with Crippen molar-refractivity contribution < 1.29 is 14.1 Å². The summed E-state index contributed by atoms with van der Waals surface area (Å²) in [5.74, 6) is 1.01. The molecule has 140 valence electrons. The Kier molecular flexibility index (Phi) is 5.31. The lowest BCUT2D eigenvalue weighted by Gasteiger charge is -2.09. The fourth-order valence-electron chi connectivity index (χ4n) is 2.71. The summed E-state index contributed by atoms with van der Waals surface area (Å²) < 4.78 is 11.1. The number of benzene rings is 2. The van der Waals surface area contributed by atoms with Crippen molar-refractivity contribution in [1.29, 1.82) is 0 Å². The molecule has 5 nitrogen and oxygen atoms in total. The van der Waals surface area contributed by atoms with Gasteiger partial charge in [-0.05, 0) is 81.1 Å². The lowest BCUT2D eigenvalue weighted by Crippen LogP contribution is -2.15. The van der Waals surface area contributed by atoms with Crippen LogP contribution in [0.3, 0.4) is 0 Å². The van der Waals surface area contributed by atoms with Gasteiger partial charge < -0.3 is 14.6 Å². The van der Waals surface area contributed by atoms with Crippen LogP contribution in [-0.4, -0.2) is 11.1 Å². The number of hydrogen-bond donors (Lipinski definition) is 1. The third-order valence-corrected chi connectivity index (χ3v) is 4.83. The van der Waals surface area contributed by atoms with Crippen molar-refractivity contribution in [3.63, 3.8) is 0 Å². The van der Waals surface area contributed by atoms with Crippen LogP contribution in [0.1, 0.15) is 44.1 Å². The van der Waals surface area contributed by atoms with E-state index in [2.05, 4.69) is 17.4 Å². The minimum atomic E-state index is -0.311. The topological polar surface area (TPSA) is 64.4 Å². The Morgan fingerprint density at radius 1 is 0.963 bits per heavy atom. The van der Waals surface area contributed by atoms with Crippen molar-refractivity contribution in [2.45, 2.75) is 41.2 Å². The highest BCUT2D eigenvalue weighted by atomic mass is 16.5. The van der Waals surface area contributed by atoms with Gasteiger partial charge in [0.15, 0.2) is 5.69 Å². The van der Waals surface area contributed by atoms with Gasteiger partial charge in [-0.25, -0.2) is 0 Å². The monoisotopic (exact) mass is 364 g/mol. The van der Waals surface area contributed by atoms with E-state index in [9.17, 15) is 4.79 Å². The third kappa shape index (κ3) is 4.19. The molecule has 0 saturated carbocycles. The first-order valence-electron chi connectivity index (χ1n) is 8.89. The first kappa shape index (κ1) is 18.7. The maximum absolute atomic E-state index is 12.7. The predicted octanol–water partition coefficient (Wildman–Crippen LogP) is 5.05. The SMILES string of the molecule is Cc1ccc(NC(=O)c2noc(C)c2COc2ccc(C)c(C)c2)cc1C. The molecule has 3 rings (SSSR count). The average Bonchev–Trinajstić information content (AvgIpc) is 3.00. The normalized spacial score (nSPS) is 10.7. The smallest absolute Gasteiger partial charge is 0.278 e. The lowest BCUT2D eigenvalue weighted by molar-refractivity contribution is 0.101. The molecule has 5 heteroatoms. The van der Waals surface area contributed by atoms with Crippen molar-refractivity contribution in [2.75, 3.05) is 5.32 Å². The van der Waals surface area contributed by atoms with Crippen LogP contribution in [0.4, 0.5) is 5.69 Å². The van der Waals surface area contributed by atoms with E-state index >= 15 is 0 Å². The maximum atomic E-state index is 12.7. The molecule has 0 radical (unpaired) electrons. The fraction of sp³-hybridized carbons (Fsp3) is 0.273. The molecule has 0 aliphatic rings. The number of rotatable bonds is 5. The highest BCUT2D eigenvalue weighted by molar-refractivity contribution is 6.03. The molecular formula is C22H24N2O3. The van der Waals surface area contributed by atoms with E-state index < -0.39 is 0 Å². The number of ether oxygens (including phenoxy) is 1. The average molecular weight is 364 g/mol. The van der Waals surface area contributed by atoms with Crippen molar-refractivity contribution in [3.8, 4) is 5.75 Å². The molecule has 1 aromatic heterocycles. The molecule has 0 fully saturated rings. The Labute approximate surface area is 159 Å². The molecule has 1 heterocycles. The molecule has 0 saturated heterocycles. The molecule has 1 amide bonds. The summed E-state index contributed by atoms with van der Waals surface area (Å²) in [5.41, 5.74) is 6.27. The summed E-state index contributed by atoms with van der Waals surface area (Å²) >= 11 is 0. The number of aryl methyl sites for hydroxylation is 5. The Balaban J connectivity index is 1.75. The van der Waals surface area contributed by atoms with Gasteiger partial charge in [0, 0.05) is 5.69 Å². The molecule has 1 N–H and O–H groups in total. The summed E-state index contributed by atoms with van der Waals surface area (Å²) in [7, 11) is 0. The number of carbonyl (C=O) groups is 1. The fourth-order valence-corrected chi connectivity index (χ4v) is 2.71. The second-order valence-corrected chi connectivity index (χ2v) is 6.85. The Bertz CT molecular complexity index is 989. The van der Waals surface area contributed by atoms with Gasteiger partial charge in [0.05, 0.1) is 5.56 Å². The zero-order valence-electron chi connectivity index (χ0n) is 16.3. The predicted molar refractivity (Wildman–Crippen MR) is 105 cm³/mol. The highest BCUT2D eigenvalue weighted by Crippen LogP contribution is 2.22. The minimum Gasteiger partial charge on any atom is -0.489 e. The van der Waals surface area contributed by atoms with E-state index in [4.69, 9.17) is 9.26 Å². The Hall–Kier alpha value is -3.08. The van der Waals surface area contributed by atoms with Gasteiger partial charge >= 0.3 is 0 Å². The van der Waals surface area contributed by atoms with E-state index in [1.165, 1.54) is 11.1 Å². The van der Waals surface area contributed by atoms with Crippen molar-refractivity contribution in [3.05, 3.63) is 75.7 Å². The zero-order chi connectivity index (χ0) is 19.6. The van der Waals surface area contributed by atoms with Gasteiger partial charge in [-0.3, -0.25) is 4.79 Å². The quantitative estimate of drug-likeness (QED) is 0.688. The number of anilines is 1.